The van der Waals surface area contributed by atoms with Gasteiger partial charge in [0.1, 0.15) is 28.5 Å². The summed E-state index contributed by atoms with van der Waals surface area (Å²) in [5, 5.41) is 3.93. The number of hydrogen-bond acceptors (Lipinski definition) is 6. The lowest BCUT2D eigenvalue weighted by molar-refractivity contribution is -0.158. The molecule has 1 aromatic rings. The van der Waals surface area contributed by atoms with Crippen LogP contribution in [0.4, 0.5) is 0 Å². The standard InChI is InChI=1S/C18H20N2O5S/c1-18(2,3)25-17(23)12-10-26-16-14(15(22)20(12)16)19-13(21)9-24-11-7-5-4-6-8-11/h4-8,10,14,16H,9H2,1-3H3,(H,19,21)/t14-,16+/m1/s1. The van der Waals surface area contributed by atoms with Gasteiger partial charge in [-0.2, -0.15) is 0 Å². The van der Waals surface area contributed by atoms with Crippen LogP contribution in [0.15, 0.2) is 41.4 Å². The van der Waals surface area contributed by atoms with Gasteiger partial charge in [-0.05, 0) is 32.9 Å². The van der Waals surface area contributed by atoms with Crippen molar-refractivity contribution >= 4 is 29.5 Å². The molecular weight excluding hydrogens is 356 g/mol. The van der Waals surface area contributed by atoms with Crippen molar-refractivity contribution in [2.24, 2.45) is 0 Å². The number of carbonyl (C=O) groups excluding carboxylic acids is 3. The van der Waals surface area contributed by atoms with Crippen LogP contribution in [0.3, 0.4) is 0 Å². The fraction of sp³-hybridized carbons (Fsp3) is 0.389. The Labute approximate surface area is 155 Å². The van der Waals surface area contributed by atoms with E-state index in [-0.39, 0.29) is 23.6 Å². The number of β-lactam (4-membered cyclic amide) rings is 1. The number of hydrogen-bond donors (Lipinski definition) is 1. The molecule has 0 aromatic heterocycles. The molecule has 2 aliphatic heterocycles. The van der Waals surface area contributed by atoms with Gasteiger partial charge < -0.3 is 14.8 Å². The van der Waals surface area contributed by atoms with Gasteiger partial charge in [0.25, 0.3) is 11.8 Å². The second kappa shape index (κ2) is 7.03. The van der Waals surface area contributed by atoms with Crippen LogP contribution in [0.25, 0.3) is 0 Å². The van der Waals surface area contributed by atoms with Gasteiger partial charge in [0.15, 0.2) is 6.61 Å². The number of benzene rings is 1. The van der Waals surface area contributed by atoms with E-state index in [4.69, 9.17) is 9.47 Å². The Hall–Kier alpha value is -2.48. The minimum atomic E-state index is -0.678. The van der Waals surface area contributed by atoms with Gasteiger partial charge in [0.2, 0.25) is 0 Å². The van der Waals surface area contributed by atoms with Gasteiger partial charge in [0, 0.05) is 5.41 Å². The van der Waals surface area contributed by atoms with Crippen LogP contribution < -0.4 is 10.1 Å². The molecule has 0 unspecified atom stereocenters. The summed E-state index contributed by atoms with van der Waals surface area (Å²) >= 11 is 1.31. The van der Waals surface area contributed by atoms with Crippen LogP contribution in [0, 0.1) is 0 Å². The monoisotopic (exact) mass is 376 g/mol. The number of ether oxygens (including phenoxy) is 2. The maximum Gasteiger partial charge on any atom is 0.356 e. The Morgan fingerprint density at radius 3 is 2.58 bits per heavy atom. The van der Waals surface area contributed by atoms with Crippen molar-refractivity contribution in [2.75, 3.05) is 6.61 Å². The summed E-state index contributed by atoms with van der Waals surface area (Å²) < 4.78 is 10.7. The molecule has 2 heterocycles. The van der Waals surface area contributed by atoms with E-state index in [9.17, 15) is 14.4 Å². The van der Waals surface area contributed by atoms with Gasteiger partial charge in [-0.15, -0.1) is 11.8 Å². The van der Waals surface area contributed by atoms with Crippen molar-refractivity contribution in [3.8, 4) is 5.75 Å². The van der Waals surface area contributed by atoms with E-state index in [2.05, 4.69) is 5.32 Å². The Morgan fingerprint density at radius 1 is 1.23 bits per heavy atom. The first-order valence-electron chi connectivity index (χ1n) is 8.15. The van der Waals surface area contributed by atoms with Crippen LogP contribution in [-0.4, -0.2) is 46.3 Å². The molecule has 3 rings (SSSR count). The van der Waals surface area contributed by atoms with Crippen molar-refractivity contribution in [3.05, 3.63) is 41.4 Å². The average molecular weight is 376 g/mol. The SMILES string of the molecule is CC(C)(C)OC(=O)C1=CS[C@H]2[C@H](NC(=O)COc3ccccc3)C(=O)N12. The largest absolute Gasteiger partial charge is 0.484 e. The first-order valence-corrected chi connectivity index (χ1v) is 9.10. The van der Waals surface area contributed by atoms with Crippen LogP contribution >= 0.6 is 11.8 Å². The highest BCUT2D eigenvalue weighted by molar-refractivity contribution is 8.03. The smallest absolute Gasteiger partial charge is 0.356 e. The topological polar surface area (TPSA) is 84.9 Å². The lowest BCUT2D eigenvalue weighted by atomic mass is 10.1. The third kappa shape index (κ3) is 3.85. The quantitative estimate of drug-likeness (QED) is 0.621. The molecule has 2 atom stereocenters. The molecule has 7 nitrogen and oxygen atoms in total. The number of esters is 1. The highest BCUT2D eigenvalue weighted by Gasteiger charge is 2.54. The number of para-hydroxylation sites is 1. The molecule has 0 bridgehead atoms. The Balaban J connectivity index is 1.52. The molecule has 1 N–H and O–H groups in total. The lowest BCUT2D eigenvalue weighted by Gasteiger charge is -2.42. The molecule has 2 aliphatic rings. The minimum Gasteiger partial charge on any atom is -0.484 e. The lowest BCUT2D eigenvalue weighted by Crippen LogP contribution is -2.68. The van der Waals surface area contributed by atoms with Gasteiger partial charge >= 0.3 is 5.97 Å². The zero-order chi connectivity index (χ0) is 18.9. The summed E-state index contributed by atoms with van der Waals surface area (Å²) in [6.45, 7) is 5.10. The van der Waals surface area contributed by atoms with Crippen LogP contribution in [0.5, 0.6) is 5.75 Å². The number of fused-ring (bicyclic) bond motifs is 1. The Morgan fingerprint density at radius 2 is 1.92 bits per heavy atom. The first kappa shape index (κ1) is 18.3. The number of nitrogens with one attached hydrogen (secondary N) is 1. The maximum absolute atomic E-state index is 12.3. The average Bonchev–Trinajstić information content (AvgIpc) is 2.98. The Bertz CT molecular complexity index is 757. The summed E-state index contributed by atoms with van der Waals surface area (Å²) in [6.07, 6.45) is 0. The van der Waals surface area contributed by atoms with Gasteiger partial charge in [-0.3, -0.25) is 14.5 Å². The van der Waals surface area contributed by atoms with Gasteiger partial charge in [0.05, 0.1) is 0 Å². The van der Waals surface area contributed by atoms with Gasteiger partial charge in [-0.25, -0.2) is 4.79 Å². The summed E-state index contributed by atoms with van der Waals surface area (Å²) in [5.74, 6) is -0.685. The normalized spacial score (nSPS) is 21.4. The molecular formula is C18H20N2O5S. The highest BCUT2D eigenvalue weighted by Crippen LogP contribution is 2.41. The molecule has 0 spiro atoms. The van der Waals surface area contributed by atoms with E-state index in [0.29, 0.717) is 5.75 Å². The van der Waals surface area contributed by atoms with E-state index in [1.165, 1.54) is 16.7 Å². The summed E-state index contributed by atoms with van der Waals surface area (Å²) in [6, 6.07) is 8.27. The van der Waals surface area contributed by atoms with E-state index in [0.717, 1.165) is 0 Å². The predicted molar refractivity (Wildman–Crippen MR) is 96.0 cm³/mol. The number of thioether (sulfide) groups is 1. The van der Waals surface area contributed by atoms with E-state index >= 15 is 0 Å². The van der Waals surface area contributed by atoms with E-state index < -0.39 is 23.5 Å². The van der Waals surface area contributed by atoms with Crippen molar-refractivity contribution in [1.29, 1.82) is 0 Å². The van der Waals surface area contributed by atoms with E-state index in [1.54, 1.807) is 50.4 Å². The van der Waals surface area contributed by atoms with Crippen molar-refractivity contribution in [1.82, 2.24) is 10.2 Å². The molecule has 1 saturated heterocycles. The van der Waals surface area contributed by atoms with Gasteiger partial charge in [-0.1, -0.05) is 18.2 Å². The zero-order valence-electron chi connectivity index (χ0n) is 14.7. The fourth-order valence-electron chi connectivity index (χ4n) is 2.54. The molecule has 1 aromatic carbocycles. The molecule has 2 amide bonds. The highest BCUT2D eigenvalue weighted by atomic mass is 32.2. The molecule has 26 heavy (non-hydrogen) atoms. The van der Waals surface area contributed by atoms with Crippen molar-refractivity contribution in [2.45, 2.75) is 37.8 Å². The Kier molecular flexibility index (Phi) is 4.95. The van der Waals surface area contributed by atoms with Crippen LogP contribution in [0.1, 0.15) is 20.8 Å². The second-order valence-corrected chi connectivity index (χ2v) is 7.88. The maximum atomic E-state index is 12.3. The number of carbonyl (C=O) groups is 3. The fourth-order valence-corrected chi connectivity index (χ4v) is 3.70. The molecule has 0 aliphatic carbocycles. The van der Waals surface area contributed by atoms with E-state index in [1.807, 2.05) is 6.07 Å². The molecule has 0 radical (unpaired) electrons. The van der Waals surface area contributed by atoms with Crippen molar-refractivity contribution in [3.63, 3.8) is 0 Å². The minimum absolute atomic E-state index is 0.183. The predicted octanol–water partition coefficient (Wildman–Crippen LogP) is 1.65. The molecule has 138 valence electrons. The first-order chi connectivity index (χ1) is 12.3. The molecule has 1 fully saturated rings. The summed E-state index contributed by atoms with van der Waals surface area (Å²) in [5.41, 5.74) is -0.428. The zero-order valence-corrected chi connectivity index (χ0v) is 15.5. The van der Waals surface area contributed by atoms with Crippen LogP contribution in [-0.2, 0) is 19.1 Å². The van der Waals surface area contributed by atoms with Crippen molar-refractivity contribution < 1.29 is 23.9 Å². The van der Waals surface area contributed by atoms with Crippen LogP contribution in [0.2, 0.25) is 0 Å². The summed E-state index contributed by atoms with van der Waals surface area (Å²) in [4.78, 5) is 37.9. The molecule has 8 heteroatoms. The second-order valence-electron chi connectivity index (χ2n) is 6.89. The summed E-state index contributed by atoms with van der Waals surface area (Å²) in [7, 11) is 0. The number of nitrogens with zero attached hydrogens (tertiary/aromatic N) is 1. The number of amides is 2. The molecule has 0 saturated carbocycles. The third-order valence-electron chi connectivity index (χ3n) is 3.66. The third-order valence-corrected chi connectivity index (χ3v) is 4.78. The number of rotatable bonds is 5.